The van der Waals surface area contributed by atoms with Gasteiger partial charge in [-0.15, -0.1) is 0 Å². The van der Waals surface area contributed by atoms with Gasteiger partial charge in [-0.3, -0.25) is 0 Å². The van der Waals surface area contributed by atoms with E-state index < -0.39 is 18.5 Å². The lowest BCUT2D eigenvalue weighted by Gasteiger charge is -2.12. The minimum atomic E-state index is -0.722. The van der Waals surface area contributed by atoms with E-state index in [9.17, 15) is 14.9 Å². The highest BCUT2D eigenvalue weighted by atomic mass is 35.5. The van der Waals surface area contributed by atoms with E-state index >= 15 is 0 Å². The summed E-state index contributed by atoms with van der Waals surface area (Å²) in [4.78, 5) is 27.8. The van der Waals surface area contributed by atoms with Crippen molar-refractivity contribution in [2.75, 3.05) is 20.3 Å². The highest BCUT2D eigenvalue weighted by Crippen LogP contribution is 2.28. The van der Waals surface area contributed by atoms with Gasteiger partial charge in [-0.1, -0.05) is 23.7 Å². The van der Waals surface area contributed by atoms with E-state index in [0.717, 1.165) is 0 Å². The number of esters is 2. The number of benzene rings is 1. The normalized spacial score (nSPS) is 9.92. The van der Waals surface area contributed by atoms with Gasteiger partial charge in [0.25, 0.3) is 0 Å². The maximum atomic E-state index is 12.1. The second-order valence-electron chi connectivity index (χ2n) is 4.94. The number of nitriles is 1. The molecule has 0 bridgehead atoms. The third kappa shape index (κ3) is 4.49. The molecule has 26 heavy (non-hydrogen) atoms. The molecule has 0 saturated heterocycles. The predicted molar refractivity (Wildman–Crippen MR) is 92.9 cm³/mol. The zero-order valence-corrected chi connectivity index (χ0v) is 14.9. The molecule has 0 aliphatic carbocycles. The van der Waals surface area contributed by atoms with Gasteiger partial charge in [-0.2, -0.15) is 5.26 Å². The van der Waals surface area contributed by atoms with Crippen molar-refractivity contribution in [2.45, 2.75) is 6.92 Å². The van der Waals surface area contributed by atoms with Crippen molar-refractivity contribution in [3.8, 4) is 23.2 Å². The van der Waals surface area contributed by atoms with E-state index in [0.29, 0.717) is 16.3 Å². The number of hydrogen-bond acceptors (Lipinski definition) is 7. The highest BCUT2D eigenvalue weighted by Gasteiger charge is 2.21. The Morgan fingerprint density at radius 1 is 1.27 bits per heavy atom. The molecule has 0 unspecified atom stereocenters. The van der Waals surface area contributed by atoms with Crippen LogP contribution in [-0.2, 0) is 14.3 Å². The maximum absolute atomic E-state index is 12.1. The van der Waals surface area contributed by atoms with Crippen molar-refractivity contribution in [3.63, 3.8) is 0 Å². The van der Waals surface area contributed by atoms with E-state index in [1.807, 2.05) is 6.07 Å². The molecule has 0 atom stereocenters. The molecule has 0 saturated carbocycles. The summed E-state index contributed by atoms with van der Waals surface area (Å²) in [5.74, 6) is -1.50. The van der Waals surface area contributed by atoms with Crippen molar-refractivity contribution in [3.05, 3.63) is 46.5 Å². The fourth-order valence-corrected chi connectivity index (χ4v) is 2.23. The largest absolute Gasteiger partial charge is 0.465 e. The Labute approximate surface area is 155 Å². The first kappa shape index (κ1) is 19.2. The minimum Gasteiger partial charge on any atom is -0.465 e. The molecule has 1 aromatic carbocycles. The zero-order chi connectivity index (χ0) is 19.1. The Morgan fingerprint density at radius 3 is 2.54 bits per heavy atom. The van der Waals surface area contributed by atoms with Crippen LogP contribution in [0.2, 0.25) is 5.02 Å². The lowest BCUT2D eigenvalue weighted by atomic mass is 10.1. The Balaban J connectivity index is 2.51. The molecule has 2 rings (SSSR count). The van der Waals surface area contributed by atoms with Gasteiger partial charge in [0.15, 0.2) is 6.61 Å². The molecule has 8 heteroatoms. The van der Waals surface area contributed by atoms with Crippen LogP contribution >= 0.6 is 11.6 Å². The summed E-state index contributed by atoms with van der Waals surface area (Å²) in [7, 11) is 1.20. The van der Waals surface area contributed by atoms with E-state index in [1.54, 1.807) is 31.2 Å². The molecule has 7 nitrogen and oxygen atoms in total. The minimum absolute atomic E-state index is 0.0196. The number of methoxy groups -OCH3 is 1. The van der Waals surface area contributed by atoms with E-state index in [1.165, 1.54) is 13.2 Å². The zero-order valence-electron chi connectivity index (χ0n) is 14.1. The monoisotopic (exact) mass is 374 g/mol. The first-order valence-corrected chi connectivity index (χ1v) is 7.95. The van der Waals surface area contributed by atoms with Gasteiger partial charge in [-0.25, -0.2) is 14.6 Å². The second kappa shape index (κ2) is 8.83. The van der Waals surface area contributed by atoms with Crippen LogP contribution in [0.5, 0.6) is 5.88 Å². The van der Waals surface area contributed by atoms with Crippen molar-refractivity contribution in [1.29, 1.82) is 5.26 Å². The molecule has 2 aromatic rings. The number of ether oxygens (including phenoxy) is 3. The summed E-state index contributed by atoms with van der Waals surface area (Å²) in [6.45, 7) is 1.41. The third-order valence-electron chi connectivity index (χ3n) is 3.28. The molecule has 0 amide bonds. The van der Waals surface area contributed by atoms with Crippen molar-refractivity contribution in [1.82, 2.24) is 4.98 Å². The Bertz CT molecular complexity index is 859. The number of aromatic nitrogens is 1. The van der Waals surface area contributed by atoms with Gasteiger partial charge < -0.3 is 14.2 Å². The van der Waals surface area contributed by atoms with Crippen LogP contribution in [0.4, 0.5) is 0 Å². The summed E-state index contributed by atoms with van der Waals surface area (Å²) < 4.78 is 14.8. The predicted octanol–water partition coefficient (Wildman–Crippen LogP) is 3.00. The van der Waals surface area contributed by atoms with E-state index in [-0.39, 0.29) is 23.6 Å². The Hall–Kier alpha value is -3.11. The van der Waals surface area contributed by atoms with Crippen LogP contribution in [0.25, 0.3) is 11.3 Å². The van der Waals surface area contributed by atoms with Crippen LogP contribution in [0.15, 0.2) is 30.3 Å². The van der Waals surface area contributed by atoms with Gasteiger partial charge in [0.2, 0.25) is 5.88 Å². The molecule has 0 N–H and O–H groups in total. The summed E-state index contributed by atoms with van der Waals surface area (Å²) in [5.41, 5.74) is 0.859. The second-order valence-corrected chi connectivity index (χ2v) is 5.38. The fraction of sp³-hybridized carbons (Fsp3) is 0.222. The number of carbonyl (C=O) groups excluding carboxylic acids is 2. The first-order valence-electron chi connectivity index (χ1n) is 7.58. The molecule has 0 aliphatic rings. The van der Waals surface area contributed by atoms with Crippen LogP contribution in [0.1, 0.15) is 22.8 Å². The quantitative estimate of drug-likeness (QED) is 0.716. The van der Waals surface area contributed by atoms with Gasteiger partial charge in [0.1, 0.15) is 11.6 Å². The van der Waals surface area contributed by atoms with E-state index in [4.69, 9.17) is 25.8 Å². The summed E-state index contributed by atoms with van der Waals surface area (Å²) in [6, 6.07) is 10.0. The average molecular weight is 375 g/mol. The van der Waals surface area contributed by atoms with Crippen LogP contribution in [0.3, 0.4) is 0 Å². The molecule has 1 heterocycles. The number of hydrogen-bond donors (Lipinski definition) is 0. The van der Waals surface area contributed by atoms with Gasteiger partial charge in [0, 0.05) is 10.6 Å². The SMILES string of the molecule is CCOC(=O)COc1nc(-c2ccc(Cl)cc2)cc(C(=O)OC)c1C#N. The maximum Gasteiger partial charge on any atom is 0.344 e. The van der Waals surface area contributed by atoms with Crippen molar-refractivity contribution >= 4 is 23.5 Å². The van der Waals surface area contributed by atoms with Crippen LogP contribution in [0, 0.1) is 11.3 Å². The summed E-state index contributed by atoms with van der Waals surface area (Å²) >= 11 is 5.88. The molecular weight excluding hydrogens is 360 g/mol. The highest BCUT2D eigenvalue weighted by molar-refractivity contribution is 6.30. The topological polar surface area (TPSA) is 98.5 Å². The fourth-order valence-electron chi connectivity index (χ4n) is 2.10. The van der Waals surface area contributed by atoms with E-state index in [2.05, 4.69) is 4.98 Å². The van der Waals surface area contributed by atoms with Crippen molar-refractivity contribution in [2.24, 2.45) is 0 Å². The number of rotatable bonds is 6. The Morgan fingerprint density at radius 2 is 1.96 bits per heavy atom. The van der Waals surface area contributed by atoms with Gasteiger partial charge in [-0.05, 0) is 25.1 Å². The molecular formula is C18H15ClN2O5. The molecule has 1 aromatic heterocycles. The standard InChI is InChI=1S/C18H15ClN2O5/c1-3-25-16(22)10-26-17-14(9-20)13(18(23)24-2)8-15(21-17)11-4-6-12(19)7-5-11/h4-8H,3,10H2,1-2H3. The Kier molecular flexibility index (Phi) is 6.53. The molecule has 134 valence electrons. The summed E-state index contributed by atoms with van der Waals surface area (Å²) in [5, 5.41) is 9.94. The number of nitrogens with zero attached hydrogens (tertiary/aromatic N) is 2. The van der Waals surface area contributed by atoms with Crippen LogP contribution in [-0.4, -0.2) is 37.2 Å². The lowest BCUT2D eigenvalue weighted by Crippen LogP contribution is -2.17. The summed E-state index contributed by atoms with van der Waals surface area (Å²) in [6.07, 6.45) is 0. The number of carbonyl (C=O) groups is 2. The number of halogens is 1. The smallest absolute Gasteiger partial charge is 0.344 e. The third-order valence-corrected chi connectivity index (χ3v) is 3.53. The molecule has 0 spiro atoms. The van der Waals surface area contributed by atoms with Crippen LogP contribution < -0.4 is 4.74 Å². The average Bonchev–Trinajstić information content (AvgIpc) is 2.65. The number of pyridine rings is 1. The lowest BCUT2D eigenvalue weighted by molar-refractivity contribution is -0.145. The molecule has 0 fully saturated rings. The van der Waals surface area contributed by atoms with Crippen molar-refractivity contribution < 1.29 is 23.8 Å². The van der Waals surface area contributed by atoms with Gasteiger partial charge >= 0.3 is 11.9 Å². The first-order chi connectivity index (χ1) is 12.5. The molecule has 0 aliphatic heterocycles. The van der Waals surface area contributed by atoms with Gasteiger partial charge in [0.05, 0.1) is 25.0 Å². The molecule has 0 radical (unpaired) electrons.